The number of carbonyl (C=O) groups excluding carboxylic acids is 1. The molecule has 1 aliphatic rings. The molecule has 2 heterocycles. The summed E-state index contributed by atoms with van der Waals surface area (Å²) in [5.74, 6) is -1.81. The van der Waals surface area contributed by atoms with E-state index in [0.717, 1.165) is 42.0 Å². The van der Waals surface area contributed by atoms with Gasteiger partial charge < -0.3 is 19.5 Å². The van der Waals surface area contributed by atoms with Crippen molar-refractivity contribution < 1.29 is 35.9 Å². The molecule has 1 N–H and O–H groups in total. The fourth-order valence-electron chi connectivity index (χ4n) is 4.60. The van der Waals surface area contributed by atoms with Crippen molar-refractivity contribution in [3.63, 3.8) is 0 Å². The summed E-state index contributed by atoms with van der Waals surface area (Å²) < 4.78 is 85.5. The zero-order chi connectivity index (χ0) is 29.9. The number of alkyl halides is 3. The van der Waals surface area contributed by atoms with Crippen LogP contribution in [0.3, 0.4) is 0 Å². The number of anilines is 2. The molecule has 0 bridgehead atoms. The number of aryl methyl sites for hydroxylation is 1. The van der Waals surface area contributed by atoms with Crippen LogP contribution >= 0.6 is 11.6 Å². The lowest BCUT2D eigenvalue weighted by Gasteiger charge is -2.31. The topological polar surface area (TPSA) is 97.8 Å². The number of likely N-dealkylation sites (tertiary alicyclic amines) is 1. The van der Waals surface area contributed by atoms with Gasteiger partial charge in [-0.1, -0.05) is 18.5 Å². The van der Waals surface area contributed by atoms with Crippen LogP contribution in [0.2, 0.25) is 5.02 Å². The average Bonchev–Trinajstić information content (AvgIpc) is 3.33. The predicted octanol–water partition coefficient (Wildman–Crippen LogP) is 6.33. The standard InChI is InChI=1S/C27H27ClF4N4O4S/c1-3-9-35-10-7-19(15-35)36(41(38)39)25-12-18(6-8-33-25)34-26(37)20-13-22(28)21(27(30,31)32)14-24(20)40-23-5-4-17(29)11-16(23)2/h4-6,8,11-14,19H,3,7,9-10,15H2,1-2H3,(H,38,39)(H,33,34,37)/p-1/t19-/m0/s1. The highest BCUT2D eigenvalue weighted by Crippen LogP contribution is 2.40. The summed E-state index contributed by atoms with van der Waals surface area (Å²) in [7, 11) is 0. The molecular weight excluding hydrogens is 588 g/mol. The van der Waals surface area contributed by atoms with Crippen molar-refractivity contribution in [3.8, 4) is 11.5 Å². The van der Waals surface area contributed by atoms with Gasteiger partial charge in [0.2, 0.25) is 0 Å². The largest absolute Gasteiger partial charge is 0.755 e. The summed E-state index contributed by atoms with van der Waals surface area (Å²) in [4.78, 5) is 19.6. The van der Waals surface area contributed by atoms with Crippen LogP contribution in [0.5, 0.6) is 11.5 Å². The lowest BCUT2D eigenvalue weighted by Crippen LogP contribution is -2.39. The molecule has 220 valence electrons. The highest BCUT2D eigenvalue weighted by molar-refractivity contribution is 7.80. The number of aromatic nitrogens is 1. The fraction of sp³-hybridized carbons (Fsp3) is 0.333. The van der Waals surface area contributed by atoms with Crippen molar-refractivity contribution in [1.29, 1.82) is 0 Å². The van der Waals surface area contributed by atoms with E-state index in [9.17, 15) is 31.1 Å². The second-order valence-electron chi connectivity index (χ2n) is 9.48. The van der Waals surface area contributed by atoms with E-state index in [1.807, 2.05) is 6.92 Å². The van der Waals surface area contributed by atoms with Gasteiger partial charge in [-0.15, -0.1) is 0 Å². The fourth-order valence-corrected chi connectivity index (χ4v) is 5.54. The first-order valence-electron chi connectivity index (χ1n) is 12.6. The van der Waals surface area contributed by atoms with E-state index in [0.29, 0.717) is 19.0 Å². The van der Waals surface area contributed by atoms with Gasteiger partial charge in [0.1, 0.15) is 23.1 Å². The van der Waals surface area contributed by atoms with E-state index in [1.165, 1.54) is 31.3 Å². The Labute approximate surface area is 241 Å². The van der Waals surface area contributed by atoms with Gasteiger partial charge in [0.15, 0.2) is 0 Å². The van der Waals surface area contributed by atoms with E-state index in [1.54, 1.807) is 0 Å². The van der Waals surface area contributed by atoms with Gasteiger partial charge in [0.25, 0.3) is 5.91 Å². The molecule has 1 fully saturated rings. The number of halogens is 5. The number of nitrogens with one attached hydrogen (secondary N) is 1. The second kappa shape index (κ2) is 12.7. The highest BCUT2D eigenvalue weighted by Gasteiger charge is 2.35. The molecule has 1 aromatic heterocycles. The number of nitrogens with zero attached hydrogens (tertiary/aromatic N) is 3. The van der Waals surface area contributed by atoms with Crippen molar-refractivity contribution in [2.45, 2.75) is 38.9 Å². The minimum absolute atomic E-state index is 0.0318. The molecule has 0 aliphatic carbocycles. The Hall–Kier alpha value is -3.26. The first-order valence-corrected chi connectivity index (χ1v) is 14.0. The van der Waals surface area contributed by atoms with Crippen LogP contribution in [0.1, 0.15) is 41.3 Å². The Morgan fingerprint density at radius 3 is 2.66 bits per heavy atom. The van der Waals surface area contributed by atoms with Gasteiger partial charge in [-0.05, 0) is 68.3 Å². The maximum Gasteiger partial charge on any atom is 0.417 e. The minimum Gasteiger partial charge on any atom is -0.755 e. The Balaban J connectivity index is 1.65. The van der Waals surface area contributed by atoms with Crippen molar-refractivity contribution in [1.82, 2.24) is 9.88 Å². The maximum absolute atomic E-state index is 13.6. The summed E-state index contributed by atoms with van der Waals surface area (Å²) in [5, 5.41) is 1.82. The SMILES string of the molecule is CCCN1CC[C@H](N(c2cc(NC(=O)c3cc(Cl)c(C(F)(F)F)cc3Oc3ccc(F)cc3C)ccn2)S(=O)[O-])C1. The zero-order valence-corrected chi connectivity index (χ0v) is 23.6. The smallest absolute Gasteiger partial charge is 0.417 e. The van der Waals surface area contributed by atoms with E-state index >= 15 is 0 Å². The molecule has 1 saturated heterocycles. The Kier molecular flexibility index (Phi) is 9.52. The highest BCUT2D eigenvalue weighted by atomic mass is 35.5. The molecule has 1 unspecified atom stereocenters. The molecule has 2 aromatic carbocycles. The summed E-state index contributed by atoms with van der Waals surface area (Å²) in [5.41, 5.74) is -1.13. The van der Waals surface area contributed by atoms with E-state index in [-0.39, 0.29) is 34.4 Å². The molecule has 0 radical (unpaired) electrons. The van der Waals surface area contributed by atoms with Crippen molar-refractivity contribution >= 4 is 40.3 Å². The molecular formula is C27H26ClF4N4O4S-. The normalized spacial score (nSPS) is 16.4. The molecule has 8 nitrogen and oxygen atoms in total. The van der Waals surface area contributed by atoms with Crippen molar-refractivity contribution in [2.75, 3.05) is 29.3 Å². The lowest BCUT2D eigenvalue weighted by molar-refractivity contribution is -0.137. The van der Waals surface area contributed by atoms with Crippen LogP contribution in [0.4, 0.5) is 29.1 Å². The van der Waals surface area contributed by atoms with E-state index < -0.39 is 45.5 Å². The number of carbonyl (C=O) groups is 1. The summed E-state index contributed by atoms with van der Waals surface area (Å²) in [6, 6.07) is 7.26. The van der Waals surface area contributed by atoms with Gasteiger partial charge in [0.05, 0.1) is 22.2 Å². The Bertz CT molecular complexity index is 1460. The van der Waals surface area contributed by atoms with Gasteiger partial charge in [-0.3, -0.25) is 13.3 Å². The first-order chi connectivity index (χ1) is 19.4. The monoisotopic (exact) mass is 613 g/mol. The number of benzene rings is 2. The molecule has 1 aliphatic heterocycles. The number of pyridine rings is 1. The van der Waals surface area contributed by atoms with Crippen LogP contribution < -0.4 is 14.4 Å². The van der Waals surface area contributed by atoms with Gasteiger partial charge in [0, 0.05) is 42.3 Å². The number of ether oxygens (including phenoxy) is 1. The molecule has 3 aromatic rings. The van der Waals surface area contributed by atoms with Crippen LogP contribution in [0.25, 0.3) is 0 Å². The predicted molar refractivity (Wildman–Crippen MR) is 146 cm³/mol. The molecule has 0 saturated carbocycles. The maximum atomic E-state index is 13.6. The summed E-state index contributed by atoms with van der Waals surface area (Å²) in [6.45, 7) is 5.61. The van der Waals surface area contributed by atoms with Gasteiger partial charge in [-0.25, -0.2) is 9.37 Å². The van der Waals surface area contributed by atoms with Gasteiger partial charge in [-0.2, -0.15) is 13.2 Å². The zero-order valence-electron chi connectivity index (χ0n) is 22.0. The van der Waals surface area contributed by atoms with Crippen LogP contribution in [0, 0.1) is 12.7 Å². The van der Waals surface area contributed by atoms with E-state index in [4.69, 9.17) is 16.3 Å². The molecule has 4 rings (SSSR count). The number of amides is 1. The van der Waals surface area contributed by atoms with E-state index in [2.05, 4.69) is 15.2 Å². The lowest BCUT2D eigenvalue weighted by atomic mass is 10.1. The Morgan fingerprint density at radius 2 is 2.00 bits per heavy atom. The molecule has 0 spiro atoms. The number of hydrogen-bond donors (Lipinski definition) is 1. The molecule has 41 heavy (non-hydrogen) atoms. The third kappa shape index (κ3) is 7.34. The van der Waals surface area contributed by atoms with Gasteiger partial charge >= 0.3 is 6.18 Å². The molecule has 2 atom stereocenters. The van der Waals surface area contributed by atoms with Crippen molar-refractivity contribution in [3.05, 3.63) is 76.2 Å². The average molecular weight is 614 g/mol. The number of rotatable bonds is 9. The van der Waals surface area contributed by atoms with Crippen LogP contribution in [-0.4, -0.2) is 50.2 Å². The third-order valence-corrected chi connectivity index (χ3v) is 7.60. The Morgan fingerprint density at radius 1 is 1.24 bits per heavy atom. The summed E-state index contributed by atoms with van der Waals surface area (Å²) >= 11 is 3.25. The molecule has 1 amide bonds. The van der Waals surface area contributed by atoms with Crippen LogP contribution in [-0.2, 0) is 17.4 Å². The second-order valence-corrected chi connectivity index (χ2v) is 10.7. The molecule has 14 heteroatoms. The quantitative estimate of drug-likeness (QED) is 0.224. The number of hydrogen-bond acceptors (Lipinski definition) is 6. The van der Waals surface area contributed by atoms with Crippen LogP contribution in [0.15, 0.2) is 48.7 Å². The first kappa shape index (κ1) is 30.7. The minimum atomic E-state index is -4.84. The third-order valence-electron chi connectivity index (χ3n) is 6.48. The van der Waals surface area contributed by atoms with Crippen molar-refractivity contribution in [2.24, 2.45) is 0 Å². The summed E-state index contributed by atoms with van der Waals surface area (Å²) in [6.07, 6.45) is -2.01.